The van der Waals surface area contributed by atoms with Crippen molar-refractivity contribution in [2.24, 2.45) is 7.05 Å². The fourth-order valence-electron chi connectivity index (χ4n) is 3.27. The largest absolute Gasteiger partial charge is 0.345 e. The van der Waals surface area contributed by atoms with Crippen molar-refractivity contribution >= 4 is 36.8 Å². The van der Waals surface area contributed by atoms with Crippen LogP contribution in [0.1, 0.15) is 11.4 Å². The van der Waals surface area contributed by atoms with Crippen LogP contribution in [-0.4, -0.2) is 58.7 Å². The maximum absolute atomic E-state index is 13.1. The van der Waals surface area contributed by atoms with Crippen LogP contribution >= 0.6 is 11.3 Å². The summed E-state index contributed by atoms with van der Waals surface area (Å²) >= 11 is 1.54. The average molecular weight is 393 g/mol. The number of fused-ring (bicyclic) bond motifs is 1. The molecule has 0 aromatic carbocycles. The van der Waals surface area contributed by atoms with E-state index in [0.29, 0.717) is 42.5 Å². The fourth-order valence-corrected chi connectivity index (χ4v) is 6.05. The number of thiazole rings is 1. The standard InChI is InChI=1S/C16H20N6O2S2/c1-11-14(12(2)20(3)19-11)26(23,24)22-9-7-21(8-10-22)16-18-13-5-4-6-17-15(13)25-16/h4-6H,7-10H2,1-3H3. The molecule has 1 aliphatic heterocycles. The normalized spacial score (nSPS) is 16.5. The molecule has 0 bridgehead atoms. The van der Waals surface area contributed by atoms with E-state index in [4.69, 9.17) is 0 Å². The minimum Gasteiger partial charge on any atom is -0.345 e. The van der Waals surface area contributed by atoms with Gasteiger partial charge in [0, 0.05) is 39.4 Å². The SMILES string of the molecule is Cc1nn(C)c(C)c1S(=O)(=O)N1CCN(c2nc3cccnc3s2)CC1. The minimum absolute atomic E-state index is 0.331. The van der Waals surface area contributed by atoms with Crippen LogP contribution in [0.3, 0.4) is 0 Å². The van der Waals surface area contributed by atoms with Gasteiger partial charge < -0.3 is 4.90 Å². The molecule has 4 rings (SSSR count). The Labute approximate surface area is 156 Å². The number of rotatable bonds is 3. The number of hydrogen-bond acceptors (Lipinski definition) is 7. The van der Waals surface area contributed by atoms with Gasteiger partial charge in [-0.25, -0.2) is 18.4 Å². The maximum atomic E-state index is 13.1. The third-order valence-corrected chi connectivity index (χ3v) is 7.90. The Morgan fingerprint density at radius 2 is 1.88 bits per heavy atom. The molecule has 26 heavy (non-hydrogen) atoms. The first-order valence-corrected chi connectivity index (χ1v) is 10.6. The monoisotopic (exact) mass is 392 g/mol. The number of nitrogens with zero attached hydrogens (tertiary/aromatic N) is 6. The van der Waals surface area contributed by atoms with E-state index in [1.165, 1.54) is 11.3 Å². The molecule has 1 fully saturated rings. The van der Waals surface area contributed by atoms with Gasteiger partial charge in [0.2, 0.25) is 10.0 Å². The van der Waals surface area contributed by atoms with Crippen LogP contribution in [0.4, 0.5) is 5.13 Å². The zero-order valence-electron chi connectivity index (χ0n) is 14.9. The predicted octanol–water partition coefficient (Wildman–Crippen LogP) is 1.55. The second-order valence-electron chi connectivity index (χ2n) is 6.34. The van der Waals surface area contributed by atoms with Crippen molar-refractivity contribution in [3.8, 4) is 0 Å². The van der Waals surface area contributed by atoms with Gasteiger partial charge in [0.1, 0.15) is 15.2 Å². The van der Waals surface area contributed by atoms with Crippen LogP contribution in [0.15, 0.2) is 23.2 Å². The minimum atomic E-state index is -3.54. The topological polar surface area (TPSA) is 84.2 Å². The highest BCUT2D eigenvalue weighted by atomic mass is 32.2. The van der Waals surface area contributed by atoms with E-state index in [0.717, 1.165) is 15.5 Å². The number of anilines is 1. The fraction of sp³-hybridized carbons (Fsp3) is 0.438. The highest BCUT2D eigenvalue weighted by Gasteiger charge is 2.33. The van der Waals surface area contributed by atoms with Gasteiger partial charge in [-0.1, -0.05) is 11.3 Å². The number of aromatic nitrogens is 4. The van der Waals surface area contributed by atoms with Gasteiger partial charge in [-0.2, -0.15) is 9.40 Å². The molecule has 0 N–H and O–H groups in total. The molecule has 3 aromatic rings. The Hall–Kier alpha value is -2.04. The number of aryl methyl sites for hydroxylation is 2. The maximum Gasteiger partial charge on any atom is 0.246 e. The highest BCUT2D eigenvalue weighted by Crippen LogP contribution is 2.29. The summed E-state index contributed by atoms with van der Waals surface area (Å²) in [5.41, 5.74) is 2.09. The summed E-state index contributed by atoms with van der Waals surface area (Å²) in [6.07, 6.45) is 1.76. The lowest BCUT2D eigenvalue weighted by molar-refractivity contribution is 0.384. The lowest BCUT2D eigenvalue weighted by atomic mass is 10.4. The van der Waals surface area contributed by atoms with Gasteiger partial charge >= 0.3 is 0 Å². The van der Waals surface area contributed by atoms with E-state index >= 15 is 0 Å². The molecule has 0 unspecified atom stereocenters. The number of piperazine rings is 1. The van der Waals surface area contributed by atoms with E-state index in [1.807, 2.05) is 12.1 Å². The molecule has 0 spiro atoms. The number of hydrogen-bond donors (Lipinski definition) is 0. The Bertz CT molecular complexity index is 1030. The molecule has 0 radical (unpaired) electrons. The smallest absolute Gasteiger partial charge is 0.246 e. The van der Waals surface area contributed by atoms with Crippen molar-refractivity contribution < 1.29 is 8.42 Å². The summed E-state index contributed by atoms with van der Waals surface area (Å²) in [4.78, 5) is 12.3. The first-order valence-electron chi connectivity index (χ1n) is 8.35. The molecule has 0 amide bonds. The van der Waals surface area contributed by atoms with Crippen molar-refractivity contribution in [2.75, 3.05) is 31.1 Å². The summed E-state index contributed by atoms with van der Waals surface area (Å²) in [5, 5.41) is 5.14. The quantitative estimate of drug-likeness (QED) is 0.672. The molecule has 3 aromatic heterocycles. The van der Waals surface area contributed by atoms with Crippen molar-refractivity contribution in [1.82, 2.24) is 24.1 Å². The second kappa shape index (κ2) is 6.29. The summed E-state index contributed by atoms with van der Waals surface area (Å²) in [7, 11) is -1.77. The molecular weight excluding hydrogens is 372 g/mol. The van der Waals surface area contributed by atoms with Crippen LogP contribution in [0.5, 0.6) is 0 Å². The van der Waals surface area contributed by atoms with Gasteiger partial charge in [0.05, 0.1) is 11.4 Å². The lowest BCUT2D eigenvalue weighted by Crippen LogP contribution is -2.48. The Kier molecular flexibility index (Phi) is 4.20. The molecular formula is C16H20N6O2S2. The van der Waals surface area contributed by atoms with Crippen LogP contribution in [0.25, 0.3) is 10.3 Å². The molecule has 0 saturated carbocycles. The third-order valence-electron chi connectivity index (χ3n) is 4.70. The highest BCUT2D eigenvalue weighted by molar-refractivity contribution is 7.89. The van der Waals surface area contributed by atoms with Crippen molar-refractivity contribution in [3.05, 3.63) is 29.7 Å². The number of sulfonamides is 1. The van der Waals surface area contributed by atoms with E-state index in [1.54, 1.807) is 36.1 Å². The van der Waals surface area contributed by atoms with E-state index < -0.39 is 10.0 Å². The van der Waals surface area contributed by atoms with Gasteiger partial charge in [0.25, 0.3) is 0 Å². The van der Waals surface area contributed by atoms with Crippen molar-refractivity contribution in [2.45, 2.75) is 18.7 Å². The van der Waals surface area contributed by atoms with Crippen LogP contribution < -0.4 is 4.90 Å². The van der Waals surface area contributed by atoms with E-state index in [2.05, 4.69) is 20.0 Å². The Morgan fingerprint density at radius 3 is 2.50 bits per heavy atom. The Balaban J connectivity index is 1.54. The molecule has 138 valence electrons. The number of pyridine rings is 1. The molecule has 0 atom stereocenters. The summed E-state index contributed by atoms with van der Waals surface area (Å²) < 4.78 is 29.3. The molecule has 0 aliphatic carbocycles. The van der Waals surface area contributed by atoms with Crippen LogP contribution in [0.2, 0.25) is 0 Å². The third kappa shape index (κ3) is 2.78. The van der Waals surface area contributed by atoms with Crippen molar-refractivity contribution in [3.63, 3.8) is 0 Å². The summed E-state index contributed by atoms with van der Waals surface area (Å²) in [6, 6.07) is 3.81. The molecule has 4 heterocycles. The van der Waals surface area contributed by atoms with Crippen LogP contribution in [0, 0.1) is 13.8 Å². The Morgan fingerprint density at radius 1 is 1.15 bits per heavy atom. The summed E-state index contributed by atoms with van der Waals surface area (Å²) in [6.45, 7) is 5.61. The average Bonchev–Trinajstić information content (AvgIpc) is 3.16. The van der Waals surface area contributed by atoms with Gasteiger partial charge in [-0.05, 0) is 26.0 Å². The van der Waals surface area contributed by atoms with Gasteiger partial charge in [-0.3, -0.25) is 4.68 Å². The first-order chi connectivity index (χ1) is 12.4. The molecule has 8 nitrogen and oxygen atoms in total. The predicted molar refractivity (Wildman–Crippen MR) is 101 cm³/mol. The van der Waals surface area contributed by atoms with E-state index in [-0.39, 0.29) is 0 Å². The molecule has 1 aliphatic rings. The van der Waals surface area contributed by atoms with Crippen LogP contribution in [-0.2, 0) is 17.1 Å². The van der Waals surface area contributed by atoms with Gasteiger partial charge in [0.15, 0.2) is 5.13 Å². The molecule has 1 saturated heterocycles. The zero-order valence-corrected chi connectivity index (χ0v) is 16.5. The first kappa shape index (κ1) is 17.4. The zero-order chi connectivity index (χ0) is 18.5. The van der Waals surface area contributed by atoms with E-state index in [9.17, 15) is 8.42 Å². The molecule has 10 heteroatoms. The second-order valence-corrected chi connectivity index (χ2v) is 9.17. The lowest BCUT2D eigenvalue weighted by Gasteiger charge is -2.33. The van der Waals surface area contributed by atoms with Gasteiger partial charge in [-0.15, -0.1) is 0 Å². The summed E-state index contributed by atoms with van der Waals surface area (Å²) in [5.74, 6) is 0. The van der Waals surface area contributed by atoms with Crippen molar-refractivity contribution in [1.29, 1.82) is 0 Å².